The van der Waals surface area contributed by atoms with Crippen LogP contribution in [0.5, 0.6) is 0 Å². The Bertz CT molecular complexity index is 834. The molecule has 0 aromatic heterocycles. The lowest BCUT2D eigenvalue weighted by Gasteiger charge is -2.34. The third-order valence-electron chi connectivity index (χ3n) is 6.62. The molecule has 2 aliphatic rings. The number of carbonyl (C=O) groups excluding carboxylic acids is 1. The molecule has 5 nitrogen and oxygen atoms in total. The number of nitrogens with one attached hydrogen (secondary N) is 1. The van der Waals surface area contributed by atoms with Gasteiger partial charge < -0.3 is 15.1 Å². The van der Waals surface area contributed by atoms with E-state index in [2.05, 4.69) is 70.4 Å². The van der Waals surface area contributed by atoms with E-state index in [9.17, 15) is 4.79 Å². The number of rotatable bonds is 5. The summed E-state index contributed by atoms with van der Waals surface area (Å²) >= 11 is 0. The van der Waals surface area contributed by atoms with Gasteiger partial charge in [0.15, 0.2) is 0 Å². The van der Waals surface area contributed by atoms with Crippen molar-refractivity contribution in [3.63, 3.8) is 0 Å². The number of hydrogen-bond acceptors (Lipinski definition) is 4. The number of anilines is 2. The SMILES string of the molecule is Cc1ccccc1CN1CCC(C(=O)Nc2ccc(N3CCN(C)CC3)cc2)CC1. The third-order valence-corrected chi connectivity index (χ3v) is 6.62. The van der Waals surface area contributed by atoms with Gasteiger partial charge in [-0.05, 0) is 75.3 Å². The van der Waals surface area contributed by atoms with Crippen LogP contribution in [-0.2, 0) is 11.3 Å². The molecular weight excluding hydrogens is 372 g/mol. The van der Waals surface area contributed by atoms with Crippen molar-refractivity contribution in [1.29, 1.82) is 0 Å². The van der Waals surface area contributed by atoms with E-state index in [1.807, 2.05) is 12.1 Å². The van der Waals surface area contributed by atoms with Crippen LogP contribution in [0.3, 0.4) is 0 Å². The fourth-order valence-corrected chi connectivity index (χ4v) is 4.45. The van der Waals surface area contributed by atoms with Crippen LogP contribution in [0.4, 0.5) is 11.4 Å². The predicted molar refractivity (Wildman–Crippen MR) is 124 cm³/mol. The van der Waals surface area contributed by atoms with E-state index in [4.69, 9.17) is 0 Å². The van der Waals surface area contributed by atoms with Gasteiger partial charge >= 0.3 is 0 Å². The second-order valence-electron chi connectivity index (χ2n) is 8.80. The molecule has 30 heavy (non-hydrogen) atoms. The molecule has 0 atom stereocenters. The Labute approximate surface area is 180 Å². The number of amides is 1. The van der Waals surface area contributed by atoms with Crippen LogP contribution < -0.4 is 10.2 Å². The number of nitrogens with zero attached hydrogens (tertiary/aromatic N) is 3. The quantitative estimate of drug-likeness (QED) is 0.824. The van der Waals surface area contributed by atoms with Crippen molar-refractivity contribution in [1.82, 2.24) is 9.80 Å². The first-order chi connectivity index (χ1) is 14.6. The summed E-state index contributed by atoms with van der Waals surface area (Å²) in [5.74, 6) is 0.272. The zero-order valence-corrected chi connectivity index (χ0v) is 18.3. The minimum Gasteiger partial charge on any atom is -0.369 e. The highest BCUT2D eigenvalue weighted by Gasteiger charge is 2.25. The monoisotopic (exact) mass is 406 g/mol. The summed E-state index contributed by atoms with van der Waals surface area (Å²) in [5, 5.41) is 3.14. The Kier molecular flexibility index (Phi) is 6.70. The number of likely N-dealkylation sites (N-methyl/N-ethyl adjacent to an activating group) is 1. The normalized spacial score (nSPS) is 19.1. The first kappa shape index (κ1) is 20.9. The van der Waals surface area contributed by atoms with E-state index in [1.165, 1.54) is 16.8 Å². The predicted octanol–water partition coefficient (Wildman–Crippen LogP) is 3.60. The van der Waals surface area contributed by atoms with Crippen molar-refractivity contribution in [2.45, 2.75) is 26.3 Å². The number of piperidine rings is 1. The molecule has 1 N–H and O–H groups in total. The Morgan fingerprint density at radius 1 is 0.933 bits per heavy atom. The van der Waals surface area contributed by atoms with Gasteiger partial charge in [-0.1, -0.05) is 24.3 Å². The molecule has 5 heteroatoms. The molecule has 4 rings (SSSR count). The topological polar surface area (TPSA) is 38.8 Å². The summed E-state index contributed by atoms with van der Waals surface area (Å²) in [5.41, 5.74) is 4.88. The largest absolute Gasteiger partial charge is 0.369 e. The minimum absolute atomic E-state index is 0.107. The van der Waals surface area contributed by atoms with E-state index < -0.39 is 0 Å². The maximum atomic E-state index is 12.8. The summed E-state index contributed by atoms with van der Waals surface area (Å²) in [4.78, 5) is 20.0. The molecule has 0 spiro atoms. The number of benzene rings is 2. The molecule has 2 aromatic rings. The second-order valence-corrected chi connectivity index (χ2v) is 8.80. The molecule has 2 aliphatic heterocycles. The standard InChI is InChI=1S/C25H34N4O/c1-20-5-3-4-6-22(20)19-28-13-11-21(12-14-28)25(30)26-23-7-9-24(10-8-23)29-17-15-27(2)16-18-29/h3-10,21H,11-19H2,1-2H3,(H,26,30). The van der Waals surface area contributed by atoms with Gasteiger partial charge in [0.2, 0.25) is 5.91 Å². The molecule has 2 heterocycles. The van der Waals surface area contributed by atoms with E-state index in [0.29, 0.717) is 0 Å². The van der Waals surface area contributed by atoms with Gasteiger partial charge in [-0.2, -0.15) is 0 Å². The van der Waals surface area contributed by atoms with Crippen LogP contribution >= 0.6 is 0 Å². The van der Waals surface area contributed by atoms with Crippen LogP contribution in [0.25, 0.3) is 0 Å². The average Bonchev–Trinajstić information content (AvgIpc) is 2.77. The average molecular weight is 407 g/mol. The van der Waals surface area contributed by atoms with E-state index in [0.717, 1.165) is 64.3 Å². The molecule has 0 saturated carbocycles. The van der Waals surface area contributed by atoms with Crippen molar-refractivity contribution in [3.05, 3.63) is 59.7 Å². The molecule has 160 valence electrons. The highest BCUT2D eigenvalue weighted by Crippen LogP contribution is 2.23. The fourth-order valence-electron chi connectivity index (χ4n) is 4.45. The van der Waals surface area contributed by atoms with Crippen molar-refractivity contribution in [2.75, 3.05) is 56.5 Å². The summed E-state index contributed by atoms with van der Waals surface area (Å²) in [6.07, 6.45) is 1.86. The van der Waals surface area contributed by atoms with Gasteiger partial charge in [0.25, 0.3) is 0 Å². The summed E-state index contributed by atoms with van der Waals surface area (Å²) in [7, 11) is 2.17. The van der Waals surface area contributed by atoms with Crippen LogP contribution in [-0.4, -0.2) is 62.0 Å². The lowest BCUT2D eigenvalue weighted by atomic mass is 9.95. The molecule has 0 aliphatic carbocycles. The van der Waals surface area contributed by atoms with Crippen molar-refractivity contribution in [3.8, 4) is 0 Å². The number of likely N-dealkylation sites (tertiary alicyclic amines) is 1. The van der Waals surface area contributed by atoms with Crippen molar-refractivity contribution < 1.29 is 4.79 Å². The molecule has 2 fully saturated rings. The molecule has 2 aromatic carbocycles. The van der Waals surface area contributed by atoms with E-state index in [-0.39, 0.29) is 11.8 Å². The Morgan fingerprint density at radius 3 is 2.27 bits per heavy atom. The van der Waals surface area contributed by atoms with Crippen molar-refractivity contribution in [2.24, 2.45) is 5.92 Å². The van der Waals surface area contributed by atoms with Gasteiger partial charge in [-0.15, -0.1) is 0 Å². The summed E-state index contributed by atoms with van der Waals surface area (Å²) < 4.78 is 0. The third kappa shape index (κ3) is 5.21. The summed E-state index contributed by atoms with van der Waals surface area (Å²) in [6.45, 7) is 9.43. The van der Waals surface area contributed by atoms with E-state index >= 15 is 0 Å². The lowest BCUT2D eigenvalue weighted by Crippen LogP contribution is -2.44. The molecule has 2 saturated heterocycles. The molecule has 0 bridgehead atoms. The first-order valence-electron chi connectivity index (χ1n) is 11.2. The van der Waals surface area contributed by atoms with Crippen LogP contribution in [0.15, 0.2) is 48.5 Å². The number of carbonyl (C=O) groups is 1. The van der Waals surface area contributed by atoms with Gasteiger partial charge in [0.05, 0.1) is 0 Å². The Morgan fingerprint density at radius 2 is 1.60 bits per heavy atom. The molecular formula is C25H34N4O. The van der Waals surface area contributed by atoms with Gasteiger partial charge in [-0.25, -0.2) is 0 Å². The Hall–Kier alpha value is -2.37. The maximum Gasteiger partial charge on any atom is 0.227 e. The highest BCUT2D eigenvalue weighted by molar-refractivity contribution is 5.92. The fraction of sp³-hybridized carbons (Fsp3) is 0.480. The zero-order chi connectivity index (χ0) is 20.9. The second kappa shape index (κ2) is 9.63. The minimum atomic E-state index is 0.107. The lowest BCUT2D eigenvalue weighted by molar-refractivity contribution is -0.121. The van der Waals surface area contributed by atoms with Crippen LogP contribution in [0, 0.1) is 12.8 Å². The zero-order valence-electron chi connectivity index (χ0n) is 18.3. The number of aryl methyl sites for hydroxylation is 1. The first-order valence-corrected chi connectivity index (χ1v) is 11.2. The molecule has 0 unspecified atom stereocenters. The maximum absolute atomic E-state index is 12.8. The molecule has 0 radical (unpaired) electrons. The summed E-state index contributed by atoms with van der Waals surface area (Å²) in [6, 6.07) is 16.9. The number of hydrogen-bond donors (Lipinski definition) is 1. The van der Waals surface area contributed by atoms with Gasteiger partial charge in [-0.3, -0.25) is 9.69 Å². The number of piperazine rings is 1. The van der Waals surface area contributed by atoms with Gasteiger partial charge in [0, 0.05) is 50.0 Å². The molecule has 1 amide bonds. The Balaban J connectivity index is 1.25. The smallest absolute Gasteiger partial charge is 0.227 e. The van der Waals surface area contributed by atoms with Crippen LogP contribution in [0.1, 0.15) is 24.0 Å². The van der Waals surface area contributed by atoms with Crippen molar-refractivity contribution >= 4 is 17.3 Å². The highest BCUT2D eigenvalue weighted by atomic mass is 16.1. The van der Waals surface area contributed by atoms with Crippen LogP contribution in [0.2, 0.25) is 0 Å². The van der Waals surface area contributed by atoms with E-state index in [1.54, 1.807) is 0 Å². The van der Waals surface area contributed by atoms with Gasteiger partial charge in [0.1, 0.15) is 0 Å².